The first-order valence-corrected chi connectivity index (χ1v) is 7.31. The third kappa shape index (κ3) is 3.29. The first kappa shape index (κ1) is 15.8. The van der Waals surface area contributed by atoms with Gasteiger partial charge in [-0.2, -0.15) is 0 Å². The summed E-state index contributed by atoms with van der Waals surface area (Å²) in [6.07, 6.45) is 0. The number of hydrogen-bond donors (Lipinski definition) is 2. The highest BCUT2D eigenvalue weighted by Crippen LogP contribution is 2.24. The molecule has 0 radical (unpaired) electrons. The van der Waals surface area contributed by atoms with Crippen LogP contribution in [-0.4, -0.2) is 36.1 Å². The van der Waals surface area contributed by atoms with Crippen molar-refractivity contribution < 1.29 is 23.8 Å². The van der Waals surface area contributed by atoms with Gasteiger partial charge in [-0.05, 0) is 36.4 Å². The minimum absolute atomic E-state index is 0.0625. The van der Waals surface area contributed by atoms with Crippen molar-refractivity contribution >= 4 is 17.5 Å². The second-order valence-electron chi connectivity index (χ2n) is 5.30. The zero-order valence-electron chi connectivity index (χ0n) is 12.6. The monoisotopic (exact) mass is 330 g/mol. The van der Waals surface area contributed by atoms with Crippen molar-refractivity contribution in [3.63, 3.8) is 0 Å². The van der Waals surface area contributed by atoms with Crippen LogP contribution in [-0.2, 0) is 9.59 Å². The standard InChI is InChI=1S/C17H15FN2O4/c18-11-5-7-12(8-6-11)20-9-13(17(20)23)19-16(22)10-24-15-4-2-1-3-14(15)21/h1-8,13,21H,9-10H2,(H,19,22). The van der Waals surface area contributed by atoms with E-state index >= 15 is 0 Å². The minimum Gasteiger partial charge on any atom is -0.504 e. The average molecular weight is 330 g/mol. The molecule has 1 saturated heterocycles. The van der Waals surface area contributed by atoms with Crippen molar-refractivity contribution in [1.82, 2.24) is 5.32 Å². The second kappa shape index (κ2) is 6.57. The van der Waals surface area contributed by atoms with Gasteiger partial charge in [0, 0.05) is 5.69 Å². The number of β-lactam (4-membered cyclic amide) rings is 1. The number of phenols is 1. The van der Waals surface area contributed by atoms with E-state index in [2.05, 4.69) is 5.32 Å². The molecule has 6 nitrogen and oxygen atoms in total. The molecule has 1 fully saturated rings. The van der Waals surface area contributed by atoms with E-state index in [1.807, 2.05) is 0 Å². The van der Waals surface area contributed by atoms with Gasteiger partial charge in [0.05, 0.1) is 6.54 Å². The highest BCUT2D eigenvalue weighted by atomic mass is 19.1. The molecule has 1 unspecified atom stereocenters. The van der Waals surface area contributed by atoms with Gasteiger partial charge in [0.1, 0.15) is 11.9 Å². The second-order valence-corrected chi connectivity index (χ2v) is 5.30. The third-order valence-corrected chi connectivity index (χ3v) is 3.63. The smallest absolute Gasteiger partial charge is 0.258 e. The quantitative estimate of drug-likeness (QED) is 0.813. The third-order valence-electron chi connectivity index (χ3n) is 3.63. The van der Waals surface area contributed by atoms with Crippen LogP contribution in [0.3, 0.4) is 0 Å². The van der Waals surface area contributed by atoms with E-state index in [-0.39, 0.29) is 29.8 Å². The summed E-state index contributed by atoms with van der Waals surface area (Å²) in [5.41, 5.74) is 0.581. The van der Waals surface area contributed by atoms with Gasteiger partial charge in [0.15, 0.2) is 18.1 Å². The molecule has 1 aliphatic rings. The number of nitrogens with one attached hydrogen (secondary N) is 1. The van der Waals surface area contributed by atoms with Gasteiger partial charge in [-0.1, -0.05) is 12.1 Å². The molecule has 1 heterocycles. The molecule has 0 bridgehead atoms. The zero-order chi connectivity index (χ0) is 17.1. The summed E-state index contributed by atoms with van der Waals surface area (Å²) in [5.74, 6) is -0.973. The number of para-hydroxylation sites is 2. The molecule has 7 heteroatoms. The van der Waals surface area contributed by atoms with Crippen LogP contribution in [0.1, 0.15) is 0 Å². The number of ether oxygens (including phenoxy) is 1. The fourth-order valence-electron chi connectivity index (χ4n) is 2.35. The topological polar surface area (TPSA) is 78.9 Å². The van der Waals surface area contributed by atoms with Crippen LogP contribution in [0.25, 0.3) is 0 Å². The van der Waals surface area contributed by atoms with Crippen molar-refractivity contribution in [2.75, 3.05) is 18.1 Å². The lowest BCUT2D eigenvalue weighted by Gasteiger charge is -2.38. The number of amides is 2. The molecular weight excluding hydrogens is 315 g/mol. The average Bonchev–Trinajstić information content (AvgIpc) is 2.58. The molecule has 2 N–H and O–H groups in total. The number of benzene rings is 2. The van der Waals surface area contributed by atoms with Crippen LogP contribution in [0, 0.1) is 5.82 Å². The Kier molecular flexibility index (Phi) is 4.33. The molecule has 3 rings (SSSR count). The van der Waals surface area contributed by atoms with Gasteiger partial charge in [-0.3, -0.25) is 9.59 Å². The largest absolute Gasteiger partial charge is 0.504 e. The Morgan fingerprint density at radius 1 is 1.25 bits per heavy atom. The Morgan fingerprint density at radius 3 is 2.62 bits per heavy atom. The maximum Gasteiger partial charge on any atom is 0.258 e. The maximum absolute atomic E-state index is 12.9. The summed E-state index contributed by atoms with van der Waals surface area (Å²) in [4.78, 5) is 25.3. The Bertz CT molecular complexity index is 763. The van der Waals surface area contributed by atoms with E-state index in [4.69, 9.17) is 4.74 Å². The van der Waals surface area contributed by atoms with Crippen molar-refractivity contribution in [1.29, 1.82) is 0 Å². The van der Waals surface area contributed by atoms with E-state index in [0.717, 1.165) is 0 Å². The molecule has 1 aliphatic heterocycles. The lowest BCUT2D eigenvalue weighted by molar-refractivity contribution is -0.131. The fourth-order valence-corrected chi connectivity index (χ4v) is 2.35. The van der Waals surface area contributed by atoms with Crippen molar-refractivity contribution in [3.05, 3.63) is 54.3 Å². The molecular formula is C17H15FN2O4. The van der Waals surface area contributed by atoms with E-state index in [0.29, 0.717) is 12.2 Å². The molecule has 2 aromatic rings. The normalized spacial score (nSPS) is 16.5. The van der Waals surface area contributed by atoms with E-state index in [1.165, 1.54) is 41.3 Å². The van der Waals surface area contributed by atoms with Gasteiger partial charge >= 0.3 is 0 Å². The summed E-state index contributed by atoms with van der Waals surface area (Å²) in [6, 6.07) is 11.2. The number of halogens is 1. The number of rotatable bonds is 5. The van der Waals surface area contributed by atoms with Crippen LogP contribution in [0.15, 0.2) is 48.5 Å². The molecule has 0 aliphatic carbocycles. The molecule has 2 amide bonds. The Labute approximate surface area is 137 Å². The van der Waals surface area contributed by atoms with Crippen LogP contribution in [0.4, 0.5) is 10.1 Å². The Morgan fingerprint density at radius 2 is 1.96 bits per heavy atom. The van der Waals surface area contributed by atoms with Gasteiger partial charge in [-0.15, -0.1) is 0 Å². The van der Waals surface area contributed by atoms with Crippen LogP contribution in [0.5, 0.6) is 11.5 Å². The predicted octanol–water partition coefficient (Wildman–Crippen LogP) is 1.44. The summed E-state index contributed by atoms with van der Waals surface area (Å²) in [5, 5.41) is 12.1. The molecule has 2 aromatic carbocycles. The summed E-state index contributed by atoms with van der Waals surface area (Å²) < 4.78 is 18.1. The van der Waals surface area contributed by atoms with Crippen molar-refractivity contribution in [2.24, 2.45) is 0 Å². The fraction of sp³-hybridized carbons (Fsp3) is 0.176. The van der Waals surface area contributed by atoms with E-state index < -0.39 is 11.9 Å². The SMILES string of the molecule is O=C(COc1ccccc1O)NC1CN(c2ccc(F)cc2)C1=O. The molecule has 1 atom stereocenters. The van der Waals surface area contributed by atoms with E-state index in [1.54, 1.807) is 12.1 Å². The number of aromatic hydroxyl groups is 1. The Hall–Kier alpha value is -3.09. The van der Waals surface area contributed by atoms with Gasteiger partial charge in [0.2, 0.25) is 0 Å². The van der Waals surface area contributed by atoms with Crippen molar-refractivity contribution in [3.8, 4) is 11.5 Å². The molecule has 124 valence electrons. The first-order chi connectivity index (χ1) is 11.5. The number of carbonyl (C=O) groups is 2. The minimum atomic E-state index is -0.629. The summed E-state index contributed by atoms with van der Waals surface area (Å²) >= 11 is 0. The zero-order valence-corrected chi connectivity index (χ0v) is 12.6. The van der Waals surface area contributed by atoms with Gasteiger partial charge < -0.3 is 20.1 Å². The summed E-state index contributed by atoms with van der Waals surface area (Å²) in [7, 11) is 0. The highest BCUT2D eigenvalue weighted by Gasteiger charge is 2.38. The predicted molar refractivity (Wildman–Crippen MR) is 84.3 cm³/mol. The highest BCUT2D eigenvalue weighted by molar-refractivity contribution is 6.05. The van der Waals surface area contributed by atoms with E-state index in [9.17, 15) is 19.1 Å². The van der Waals surface area contributed by atoms with Crippen LogP contribution in [0.2, 0.25) is 0 Å². The number of carbonyl (C=O) groups excluding carboxylic acids is 2. The molecule has 0 saturated carbocycles. The number of anilines is 1. The number of phenolic OH excluding ortho intramolecular Hbond substituents is 1. The molecule has 24 heavy (non-hydrogen) atoms. The number of hydrogen-bond acceptors (Lipinski definition) is 4. The lowest BCUT2D eigenvalue weighted by atomic mass is 10.1. The molecule has 0 spiro atoms. The molecule has 0 aromatic heterocycles. The Balaban J connectivity index is 1.49. The van der Waals surface area contributed by atoms with Gasteiger partial charge in [-0.25, -0.2) is 4.39 Å². The number of nitrogens with zero attached hydrogens (tertiary/aromatic N) is 1. The lowest BCUT2D eigenvalue weighted by Crippen LogP contribution is -2.64. The first-order valence-electron chi connectivity index (χ1n) is 7.31. The maximum atomic E-state index is 12.9. The van der Waals surface area contributed by atoms with Crippen LogP contribution >= 0.6 is 0 Å². The van der Waals surface area contributed by atoms with Gasteiger partial charge in [0.25, 0.3) is 11.8 Å². The van der Waals surface area contributed by atoms with Crippen LogP contribution < -0.4 is 15.0 Å². The summed E-state index contributed by atoms with van der Waals surface area (Å²) in [6.45, 7) is 0.00466. The van der Waals surface area contributed by atoms with Crippen molar-refractivity contribution in [2.45, 2.75) is 6.04 Å².